The molecule has 1 fully saturated rings. The van der Waals surface area contributed by atoms with Crippen LogP contribution < -0.4 is 5.32 Å². The third-order valence-corrected chi connectivity index (χ3v) is 3.70. The first-order valence-electron chi connectivity index (χ1n) is 6.78. The van der Waals surface area contributed by atoms with Crippen LogP contribution >= 0.6 is 0 Å². The molecule has 1 rings (SSSR count). The molecule has 0 radical (unpaired) electrons. The highest BCUT2D eigenvalue weighted by atomic mass is 19.3. The largest absolute Gasteiger partial charge is 0.324 e. The summed E-state index contributed by atoms with van der Waals surface area (Å²) in [6, 6.07) is 0. The number of nitrogens with one attached hydrogen (secondary N) is 1. The monoisotopic (exact) mass is 298 g/mol. The van der Waals surface area contributed by atoms with Crippen LogP contribution in [0.2, 0.25) is 0 Å². The van der Waals surface area contributed by atoms with E-state index in [9.17, 15) is 22.4 Å². The van der Waals surface area contributed by atoms with Crippen molar-refractivity contribution in [1.29, 1.82) is 0 Å². The van der Waals surface area contributed by atoms with E-state index >= 15 is 0 Å². The zero-order valence-corrected chi connectivity index (χ0v) is 12.2. The van der Waals surface area contributed by atoms with Crippen molar-refractivity contribution < 1.29 is 22.4 Å². The van der Waals surface area contributed by atoms with Gasteiger partial charge in [-0.05, 0) is 25.7 Å². The second-order valence-corrected chi connectivity index (χ2v) is 5.97. The van der Waals surface area contributed by atoms with Gasteiger partial charge in [-0.15, -0.1) is 0 Å². The highest BCUT2D eigenvalue weighted by Crippen LogP contribution is 2.31. The number of halogens is 4. The van der Waals surface area contributed by atoms with Crippen LogP contribution in [-0.2, 0) is 4.79 Å². The Labute approximate surface area is 116 Å². The van der Waals surface area contributed by atoms with E-state index in [2.05, 4.69) is 5.32 Å². The van der Waals surface area contributed by atoms with E-state index in [-0.39, 0.29) is 5.92 Å². The molecule has 20 heavy (non-hydrogen) atoms. The molecular weight excluding hydrogens is 276 g/mol. The second-order valence-electron chi connectivity index (χ2n) is 5.97. The molecular formula is C13H22F4N2O. The number of carbonyl (C=O) groups is 1. The Morgan fingerprint density at radius 3 is 2.35 bits per heavy atom. The van der Waals surface area contributed by atoms with E-state index in [1.165, 1.54) is 0 Å². The smallest absolute Gasteiger partial charge is 0.319 e. The Bertz CT molecular complexity index is 362. The van der Waals surface area contributed by atoms with Crippen LogP contribution in [0, 0.1) is 5.92 Å². The van der Waals surface area contributed by atoms with Crippen LogP contribution in [0.15, 0.2) is 0 Å². The minimum Gasteiger partial charge on any atom is -0.319 e. The van der Waals surface area contributed by atoms with Crippen LogP contribution in [0.1, 0.15) is 40.5 Å². The van der Waals surface area contributed by atoms with E-state index in [4.69, 9.17) is 0 Å². The molecule has 1 heterocycles. The van der Waals surface area contributed by atoms with Crippen molar-refractivity contribution >= 4 is 5.91 Å². The Hall–Kier alpha value is -0.850. The lowest BCUT2D eigenvalue weighted by Gasteiger charge is -2.29. The molecule has 1 saturated heterocycles. The molecule has 0 aromatic heterocycles. The maximum atomic E-state index is 13.3. The Balaban J connectivity index is 2.96. The van der Waals surface area contributed by atoms with Gasteiger partial charge in [-0.1, -0.05) is 20.8 Å². The van der Waals surface area contributed by atoms with Crippen LogP contribution in [0.3, 0.4) is 0 Å². The Morgan fingerprint density at radius 1 is 1.40 bits per heavy atom. The lowest BCUT2D eigenvalue weighted by atomic mass is 9.99. The molecule has 1 amide bonds. The molecule has 1 aliphatic heterocycles. The van der Waals surface area contributed by atoms with Gasteiger partial charge in [0.2, 0.25) is 5.91 Å². The van der Waals surface area contributed by atoms with Gasteiger partial charge in [-0.2, -0.15) is 8.78 Å². The van der Waals surface area contributed by atoms with Crippen molar-refractivity contribution in [2.45, 2.75) is 64.6 Å². The van der Waals surface area contributed by atoms with Gasteiger partial charge in [0.05, 0.1) is 18.2 Å². The number of rotatable bonds is 6. The lowest BCUT2D eigenvalue weighted by Crippen LogP contribution is -2.48. The summed E-state index contributed by atoms with van der Waals surface area (Å²) in [5.74, 6) is -4.57. The summed E-state index contributed by atoms with van der Waals surface area (Å²) in [5.41, 5.74) is -0.961. The molecule has 1 N–H and O–H groups in total. The predicted molar refractivity (Wildman–Crippen MR) is 67.7 cm³/mol. The average Bonchev–Trinajstić information content (AvgIpc) is 2.53. The summed E-state index contributed by atoms with van der Waals surface area (Å²) in [6.07, 6.45) is -3.54. The van der Waals surface area contributed by atoms with Crippen LogP contribution in [0.4, 0.5) is 17.6 Å². The topological polar surface area (TPSA) is 32.3 Å². The molecule has 0 bridgehead atoms. The molecule has 0 aliphatic carbocycles. The summed E-state index contributed by atoms with van der Waals surface area (Å²) in [7, 11) is 0. The van der Waals surface area contributed by atoms with Gasteiger partial charge in [0.1, 0.15) is 0 Å². The van der Waals surface area contributed by atoms with Gasteiger partial charge < -0.3 is 4.90 Å². The first-order chi connectivity index (χ1) is 9.03. The summed E-state index contributed by atoms with van der Waals surface area (Å²) >= 11 is 0. The first kappa shape index (κ1) is 17.2. The molecule has 118 valence electrons. The molecule has 1 aliphatic rings. The standard InChI is InChI=1S/C13H22F4N2O/c1-5-12(4)11(20)19(7-13(16,17)10(14)15)9(18-12)6-8(2)3/h8-10,18H,5-7H2,1-4H3. The minimum absolute atomic E-state index is 0.155. The van der Waals surface area contributed by atoms with E-state index in [1.54, 1.807) is 13.8 Å². The fourth-order valence-electron chi connectivity index (χ4n) is 2.33. The fraction of sp³-hybridized carbons (Fsp3) is 0.923. The number of amides is 1. The van der Waals surface area contributed by atoms with Crippen molar-refractivity contribution in [2.75, 3.05) is 6.54 Å². The van der Waals surface area contributed by atoms with Crippen molar-refractivity contribution in [3.8, 4) is 0 Å². The van der Waals surface area contributed by atoms with Gasteiger partial charge in [-0.3, -0.25) is 10.1 Å². The summed E-state index contributed by atoms with van der Waals surface area (Å²) in [4.78, 5) is 13.1. The number of hydrogen-bond acceptors (Lipinski definition) is 2. The van der Waals surface area contributed by atoms with Crippen molar-refractivity contribution in [3.05, 3.63) is 0 Å². The van der Waals surface area contributed by atoms with Gasteiger partial charge >= 0.3 is 12.3 Å². The summed E-state index contributed by atoms with van der Waals surface area (Å²) in [6.45, 7) is 5.90. The summed E-state index contributed by atoms with van der Waals surface area (Å²) in [5, 5.41) is 3.01. The number of hydrogen-bond donors (Lipinski definition) is 1. The lowest BCUT2D eigenvalue weighted by molar-refractivity contribution is -0.158. The summed E-state index contributed by atoms with van der Waals surface area (Å²) < 4.78 is 51.2. The van der Waals surface area contributed by atoms with E-state index < -0.39 is 36.5 Å². The molecule has 0 aromatic rings. The molecule has 2 unspecified atom stereocenters. The van der Waals surface area contributed by atoms with Crippen molar-refractivity contribution in [1.82, 2.24) is 10.2 Å². The normalized spacial score (nSPS) is 28.0. The molecule has 7 heteroatoms. The maximum absolute atomic E-state index is 13.3. The minimum atomic E-state index is -4.19. The molecule has 0 aromatic carbocycles. The SMILES string of the molecule is CCC1(C)NC(CC(C)C)N(CC(F)(F)C(F)F)C1=O. The molecule has 3 nitrogen and oxygen atoms in total. The van der Waals surface area contributed by atoms with Gasteiger partial charge in [0.25, 0.3) is 0 Å². The highest BCUT2D eigenvalue weighted by Gasteiger charge is 2.52. The Morgan fingerprint density at radius 2 is 1.95 bits per heavy atom. The van der Waals surface area contributed by atoms with Crippen LogP contribution in [0.5, 0.6) is 0 Å². The van der Waals surface area contributed by atoms with E-state index in [0.29, 0.717) is 12.8 Å². The molecule has 2 atom stereocenters. The highest BCUT2D eigenvalue weighted by molar-refractivity contribution is 5.88. The zero-order valence-electron chi connectivity index (χ0n) is 12.2. The second kappa shape index (κ2) is 5.87. The van der Waals surface area contributed by atoms with Gasteiger partial charge in [-0.25, -0.2) is 8.78 Å². The Kier molecular flexibility index (Phi) is 5.05. The molecule has 0 spiro atoms. The van der Waals surface area contributed by atoms with Crippen molar-refractivity contribution in [3.63, 3.8) is 0 Å². The number of nitrogens with zero attached hydrogens (tertiary/aromatic N) is 1. The van der Waals surface area contributed by atoms with Gasteiger partial charge in [0.15, 0.2) is 0 Å². The third kappa shape index (κ3) is 3.42. The first-order valence-corrected chi connectivity index (χ1v) is 6.78. The third-order valence-electron chi connectivity index (χ3n) is 3.70. The number of alkyl halides is 4. The predicted octanol–water partition coefficient (Wildman–Crippen LogP) is 2.86. The van der Waals surface area contributed by atoms with Gasteiger partial charge in [0, 0.05) is 0 Å². The number of carbonyl (C=O) groups excluding carboxylic acids is 1. The quantitative estimate of drug-likeness (QED) is 0.765. The fourth-order valence-corrected chi connectivity index (χ4v) is 2.33. The van der Waals surface area contributed by atoms with Crippen molar-refractivity contribution in [2.24, 2.45) is 5.92 Å². The van der Waals surface area contributed by atoms with E-state index in [1.807, 2.05) is 13.8 Å². The maximum Gasteiger partial charge on any atom is 0.324 e. The van der Waals surface area contributed by atoms with Crippen LogP contribution in [-0.4, -0.2) is 41.4 Å². The zero-order chi connectivity index (χ0) is 15.7. The van der Waals surface area contributed by atoms with Crippen LogP contribution in [0.25, 0.3) is 0 Å². The average molecular weight is 298 g/mol. The molecule has 0 saturated carbocycles. The van der Waals surface area contributed by atoms with E-state index in [0.717, 1.165) is 4.90 Å².